The Morgan fingerprint density at radius 2 is 2.35 bits per heavy atom. The Hall–Kier alpha value is -0.260. The number of hydrogen-bond acceptors (Lipinski definition) is 4. The van der Waals surface area contributed by atoms with E-state index in [4.69, 9.17) is 0 Å². The van der Waals surface area contributed by atoms with Gasteiger partial charge in [-0.25, -0.2) is 4.98 Å². The summed E-state index contributed by atoms with van der Waals surface area (Å²) in [6.07, 6.45) is 3.15. The zero-order chi connectivity index (χ0) is 12.1. The van der Waals surface area contributed by atoms with Gasteiger partial charge in [0.25, 0.3) is 0 Å². The van der Waals surface area contributed by atoms with Crippen LogP contribution in [0.25, 0.3) is 0 Å². The van der Waals surface area contributed by atoms with Crippen molar-refractivity contribution in [2.45, 2.75) is 13.0 Å². The second-order valence-electron chi connectivity index (χ2n) is 4.12. The van der Waals surface area contributed by atoms with E-state index < -0.39 is 0 Å². The van der Waals surface area contributed by atoms with Crippen LogP contribution in [0.4, 0.5) is 5.82 Å². The normalized spacial score (nSPS) is 16.9. The molecule has 1 saturated heterocycles. The Labute approximate surface area is 116 Å². The van der Waals surface area contributed by atoms with E-state index in [1.807, 2.05) is 25.0 Å². The zero-order valence-electron chi connectivity index (χ0n) is 10.1. The van der Waals surface area contributed by atoms with Crippen molar-refractivity contribution in [1.29, 1.82) is 0 Å². The minimum absolute atomic E-state index is 0.866. The second kappa shape index (κ2) is 6.61. The molecule has 1 aliphatic heterocycles. The number of aromatic nitrogens is 1. The molecule has 0 saturated carbocycles. The Morgan fingerprint density at radius 3 is 3.18 bits per heavy atom. The minimum atomic E-state index is 0.866. The summed E-state index contributed by atoms with van der Waals surface area (Å²) in [5.74, 6) is 3.62. The first kappa shape index (κ1) is 13.2. The van der Waals surface area contributed by atoms with Gasteiger partial charge in [0.2, 0.25) is 0 Å². The van der Waals surface area contributed by atoms with E-state index in [-0.39, 0.29) is 0 Å². The molecule has 94 valence electrons. The number of nitrogens with zero attached hydrogens (tertiary/aromatic N) is 2. The first-order valence-electron chi connectivity index (χ1n) is 5.93. The van der Waals surface area contributed by atoms with Gasteiger partial charge in [-0.15, -0.1) is 0 Å². The molecule has 17 heavy (non-hydrogen) atoms. The fourth-order valence-corrected chi connectivity index (χ4v) is 3.30. The summed E-state index contributed by atoms with van der Waals surface area (Å²) in [7, 11) is 1.98. The number of nitrogens with one attached hydrogen (secondary N) is 1. The molecule has 1 fully saturated rings. The number of rotatable bonds is 3. The van der Waals surface area contributed by atoms with Crippen molar-refractivity contribution < 1.29 is 0 Å². The molecule has 2 rings (SSSR count). The van der Waals surface area contributed by atoms with Crippen LogP contribution in [-0.2, 0) is 6.54 Å². The Balaban J connectivity index is 2.22. The molecular weight excluding hydrogens is 298 g/mol. The summed E-state index contributed by atoms with van der Waals surface area (Å²) in [6.45, 7) is 3.10. The lowest BCUT2D eigenvalue weighted by Crippen LogP contribution is -2.28. The highest BCUT2D eigenvalue weighted by molar-refractivity contribution is 9.10. The van der Waals surface area contributed by atoms with Crippen LogP contribution >= 0.6 is 27.7 Å². The molecule has 1 aromatic heterocycles. The molecule has 0 atom stereocenters. The molecule has 0 radical (unpaired) electrons. The monoisotopic (exact) mass is 315 g/mol. The first-order chi connectivity index (χ1) is 8.31. The fraction of sp³-hybridized carbons (Fsp3) is 0.583. The molecule has 0 aliphatic carbocycles. The van der Waals surface area contributed by atoms with Crippen molar-refractivity contribution >= 4 is 33.5 Å². The van der Waals surface area contributed by atoms with Crippen LogP contribution in [0, 0.1) is 0 Å². The van der Waals surface area contributed by atoms with E-state index >= 15 is 0 Å². The average molecular weight is 316 g/mol. The van der Waals surface area contributed by atoms with Crippen molar-refractivity contribution in [3.05, 3.63) is 22.3 Å². The Morgan fingerprint density at radius 1 is 1.47 bits per heavy atom. The molecule has 3 nitrogen and oxygen atoms in total. The maximum absolute atomic E-state index is 4.59. The van der Waals surface area contributed by atoms with Crippen molar-refractivity contribution in [1.82, 2.24) is 10.3 Å². The lowest BCUT2D eigenvalue weighted by molar-refractivity contribution is 0.765. The number of halogens is 1. The molecule has 2 heterocycles. The highest BCUT2D eigenvalue weighted by Crippen LogP contribution is 2.23. The fourth-order valence-electron chi connectivity index (χ4n) is 2.04. The van der Waals surface area contributed by atoms with Gasteiger partial charge < -0.3 is 10.2 Å². The van der Waals surface area contributed by atoms with Crippen LogP contribution in [0.3, 0.4) is 0 Å². The highest BCUT2D eigenvalue weighted by Gasteiger charge is 2.14. The van der Waals surface area contributed by atoms with E-state index in [0.717, 1.165) is 29.9 Å². The summed E-state index contributed by atoms with van der Waals surface area (Å²) in [5.41, 5.74) is 1.27. The largest absolute Gasteiger partial charge is 0.355 e. The van der Waals surface area contributed by atoms with Crippen LogP contribution in [0.15, 0.2) is 16.7 Å². The molecule has 1 aliphatic rings. The van der Waals surface area contributed by atoms with Crippen LogP contribution in [0.2, 0.25) is 0 Å². The van der Waals surface area contributed by atoms with E-state index in [2.05, 4.69) is 37.2 Å². The molecule has 0 bridgehead atoms. The van der Waals surface area contributed by atoms with Crippen molar-refractivity contribution in [2.75, 3.05) is 36.5 Å². The van der Waals surface area contributed by atoms with Crippen molar-refractivity contribution in [3.63, 3.8) is 0 Å². The molecule has 5 heteroatoms. The number of thioether (sulfide) groups is 1. The van der Waals surface area contributed by atoms with Gasteiger partial charge in [-0.1, -0.05) is 0 Å². The predicted octanol–water partition coefficient (Wildman–Crippen LogP) is 2.51. The number of anilines is 1. The first-order valence-corrected chi connectivity index (χ1v) is 7.88. The van der Waals surface area contributed by atoms with Crippen LogP contribution < -0.4 is 10.2 Å². The second-order valence-corrected chi connectivity index (χ2v) is 6.26. The third kappa shape index (κ3) is 3.60. The van der Waals surface area contributed by atoms with E-state index in [1.165, 1.54) is 23.5 Å². The highest BCUT2D eigenvalue weighted by atomic mass is 79.9. The summed E-state index contributed by atoms with van der Waals surface area (Å²) in [6, 6.07) is 2.16. The van der Waals surface area contributed by atoms with Crippen LogP contribution in [0.5, 0.6) is 0 Å². The lowest BCUT2D eigenvalue weighted by atomic mass is 10.2. The van der Waals surface area contributed by atoms with Crippen molar-refractivity contribution in [2.24, 2.45) is 0 Å². The quantitative estimate of drug-likeness (QED) is 0.927. The van der Waals surface area contributed by atoms with Gasteiger partial charge in [0.15, 0.2) is 0 Å². The average Bonchev–Trinajstić information content (AvgIpc) is 2.58. The third-order valence-corrected chi connectivity index (χ3v) is 4.28. The van der Waals surface area contributed by atoms with Gasteiger partial charge in [-0.2, -0.15) is 11.8 Å². The zero-order valence-corrected chi connectivity index (χ0v) is 12.5. The summed E-state index contributed by atoms with van der Waals surface area (Å²) in [5, 5.41) is 3.21. The van der Waals surface area contributed by atoms with Gasteiger partial charge in [0.05, 0.1) is 0 Å². The number of hydrogen-bond donors (Lipinski definition) is 1. The Bertz CT molecular complexity index is 365. The van der Waals surface area contributed by atoms with Gasteiger partial charge in [-0.3, -0.25) is 0 Å². The maximum Gasteiger partial charge on any atom is 0.133 e. The third-order valence-electron chi connectivity index (χ3n) is 2.80. The molecule has 1 aromatic rings. The summed E-state index contributed by atoms with van der Waals surface area (Å²) in [4.78, 5) is 7.01. The summed E-state index contributed by atoms with van der Waals surface area (Å²) >= 11 is 5.54. The predicted molar refractivity (Wildman–Crippen MR) is 78.9 cm³/mol. The van der Waals surface area contributed by atoms with Gasteiger partial charge in [-0.05, 0) is 41.2 Å². The molecular formula is C12H18BrN3S. The van der Waals surface area contributed by atoms with Crippen molar-refractivity contribution in [3.8, 4) is 0 Å². The summed E-state index contributed by atoms with van der Waals surface area (Å²) < 4.78 is 1.05. The Kier molecular flexibility index (Phi) is 5.13. The standard InChI is InChI=1S/C12H18BrN3S/c1-14-8-10-7-11(13)9-15-12(10)16-3-2-5-17-6-4-16/h7,9,14H,2-6,8H2,1H3. The molecule has 0 amide bonds. The van der Waals surface area contributed by atoms with Gasteiger partial charge >= 0.3 is 0 Å². The molecule has 0 aromatic carbocycles. The molecule has 1 N–H and O–H groups in total. The van der Waals surface area contributed by atoms with Crippen LogP contribution in [0.1, 0.15) is 12.0 Å². The minimum Gasteiger partial charge on any atom is -0.355 e. The topological polar surface area (TPSA) is 28.2 Å². The SMILES string of the molecule is CNCc1cc(Br)cnc1N1CCCSCC1. The van der Waals surface area contributed by atoms with E-state index in [1.54, 1.807) is 0 Å². The molecule has 0 unspecified atom stereocenters. The lowest BCUT2D eigenvalue weighted by Gasteiger charge is -2.24. The van der Waals surface area contributed by atoms with Crippen LogP contribution in [-0.4, -0.2) is 36.6 Å². The van der Waals surface area contributed by atoms with Gasteiger partial charge in [0, 0.05) is 41.6 Å². The number of pyridine rings is 1. The molecule has 0 spiro atoms. The smallest absolute Gasteiger partial charge is 0.133 e. The van der Waals surface area contributed by atoms with E-state index in [0.29, 0.717) is 0 Å². The van der Waals surface area contributed by atoms with E-state index in [9.17, 15) is 0 Å². The maximum atomic E-state index is 4.59. The van der Waals surface area contributed by atoms with Gasteiger partial charge in [0.1, 0.15) is 5.82 Å².